The van der Waals surface area contributed by atoms with Crippen LogP contribution in [0.25, 0.3) is 0 Å². The molecule has 3 unspecified atom stereocenters. The zero-order chi connectivity index (χ0) is 49.2. The molecule has 9 heteroatoms. The van der Waals surface area contributed by atoms with Gasteiger partial charge in [-0.2, -0.15) is 0 Å². The molecule has 0 saturated carbocycles. The Morgan fingerprint density at radius 3 is 1.31 bits per heavy atom. The molecular formula is C58H108N2O6P+. The number of unbranched alkanes of at least 4 members (excludes halogenated alkanes) is 27. The fraction of sp³-hybridized carbons (Fsp3) is 0.776. The average molecular weight is 960 g/mol. The average Bonchev–Trinajstić information content (AvgIpc) is 3.29. The zero-order valence-electron chi connectivity index (χ0n) is 44.4. The van der Waals surface area contributed by atoms with E-state index in [1.807, 2.05) is 27.2 Å². The van der Waals surface area contributed by atoms with Crippen LogP contribution in [-0.2, 0) is 18.4 Å². The summed E-state index contributed by atoms with van der Waals surface area (Å²) in [7, 11) is 1.56. The maximum absolute atomic E-state index is 13.0. The number of nitrogens with zero attached hydrogens (tertiary/aromatic N) is 1. The monoisotopic (exact) mass is 960 g/mol. The number of hydrogen-bond acceptors (Lipinski definition) is 5. The molecule has 0 fully saturated rings. The minimum atomic E-state index is -4.35. The van der Waals surface area contributed by atoms with Gasteiger partial charge in [-0.15, -0.1) is 0 Å². The number of phosphoric ester groups is 1. The summed E-state index contributed by atoms with van der Waals surface area (Å²) in [5.41, 5.74) is 0. The first-order valence-electron chi connectivity index (χ1n) is 27.8. The normalized spacial score (nSPS) is 14.6. The molecule has 0 bridgehead atoms. The van der Waals surface area contributed by atoms with Crippen LogP contribution in [0.4, 0.5) is 0 Å². The van der Waals surface area contributed by atoms with Gasteiger partial charge in [-0.25, -0.2) is 4.57 Å². The molecule has 0 radical (unpaired) electrons. The highest BCUT2D eigenvalue weighted by molar-refractivity contribution is 7.47. The first-order valence-corrected chi connectivity index (χ1v) is 29.3. The van der Waals surface area contributed by atoms with Crippen LogP contribution >= 0.6 is 7.82 Å². The SMILES string of the molecule is CC/C=C\C/C=C\C/C=C\C/C=C\C/C=C\CCCCCCCCCC(=O)NC(COP(=O)(O)OCC[N+](C)(C)C)C(O)/C=C/CCCCCCCCCCCCCCCCCCCCCC. The lowest BCUT2D eigenvalue weighted by Crippen LogP contribution is -2.45. The van der Waals surface area contributed by atoms with Crippen molar-refractivity contribution in [3.8, 4) is 0 Å². The minimum absolute atomic E-state index is 0.0561. The van der Waals surface area contributed by atoms with Crippen molar-refractivity contribution in [2.45, 2.75) is 251 Å². The van der Waals surface area contributed by atoms with Crippen molar-refractivity contribution < 1.29 is 32.9 Å². The van der Waals surface area contributed by atoms with Crippen LogP contribution in [0, 0.1) is 0 Å². The fourth-order valence-corrected chi connectivity index (χ4v) is 8.57. The molecular weight excluding hydrogens is 852 g/mol. The van der Waals surface area contributed by atoms with Gasteiger partial charge in [0.05, 0.1) is 39.9 Å². The second kappa shape index (κ2) is 48.9. The Bertz CT molecular complexity index is 1320. The van der Waals surface area contributed by atoms with Crippen LogP contribution in [0.2, 0.25) is 0 Å². The molecule has 0 aromatic carbocycles. The van der Waals surface area contributed by atoms with Crippen LogP contribution in [0.5, 0.6) is 0 Å². The van der Waals surface area contributed by atoms with E-state index in [1.165, 1.54) is 135 Å². The van der Waals surface area contributed by atoms with Gasteiger partial charge in [0, 0.05) is 6.42 Å². The third kappa shape index (κ3) is 51.6. The molecule has 0 aliphatic rings. The van der Waals surface area contributed by atoms with Gasteiger partial charge in [0.2, 0.25) is 5.91 Å². The van der Waals surface area contributed by atoms with Crippen molar-refractivity contribution in [2.24, 2.45) is 0 Å². The van der Waals surface area contributed by atoms with Crippen LogP contribution in [0.1, 0.15) is 239 Å². The van der Waals surface area contributed by atoms with E-state index in [4.69, 9.17) is 9.05 Å². The van der Waals surface area contributed by atoms with Gasteiger partial charge >= 0.3 is 7.82 Å². The third-order valence-corrected chi connectivity index (χ3v) is 13.2. The van der Waals surface area contributed by atoms with Crippen molar-refractivity contribution in [3.05, 3.63) is 72.9 Å². The topological polar surface area (TPSA) is 105 Å². The second-order valence-electron chi connectivity index (χ2n) is 19.9. The molecule has 67 heavy (non-hydrogen) atoms. The van der Waals surface area contributed by atoms with E-state index in [9.17, 15) is 19.4 Å². The fourth-order valence-electron chi connectivity index (χ4n) is 7.83. The van der Waals surface area contributed by atoms with E-state index in [0.717, 1.165) is 83.5 Å². The molecule has 0 heterocycles. The summed E-state index contributed by atoms with van der Waals surface area (Å²) >= 11 is 0. The molecule has 1 amide bonds. The van der Waals surface area contributed by atoms with Gasteiger partial charge in [0.15, 0.2) is 0 Å². The highest BCUT2D eigenvalue weighted by Gasteiger charge is 2.27. The molecule has 8 nitrogen and oxygen atoms in total. The molecule has 0 spiro atoms. The quantitative estimate of drug-likeness (QED) is 0.0243. The number of quaternary nitrogens is 1. The molecule has 0 aliphatic carbocycles. The zero-order valence-corrected chi connectivity index (χ0v) is 45.3. The molecule has 390 valence electrons. The number of hydrogen-bond donors (Lipinski definition) is 3. The van der Waals surface area contributed by atoms with Crippen molar-refractivity contribution >= 4 is 13.7 Å². The maximum Gasteiger partial charge on any atom is 0.472 e. The largest absolute Gasteiger partial charge is 0.472 e. The van der Waals surface area contributed by atoms with Crippen molar-refractivity contribution in [3.63, 3.8) is 0 Å². The first-order chi connectivity index (χ1) is 32.5. The lowest BCUT2D eigenvalue weighted by molar-refractivity contribution is -0.870. The summed E-state index contributed by atoms with van der Waals surface area (Å²) in [5.74, 6) is -0.189. The molecule has 3 N–H and O–H groups in total. The maximum atomic E-state index is 13.0. The van der Waals surface area contributed by atoms with E-state index in [1.54, 1.807) is 6.08 Å². The van der Waals surface area contributed by atoms with Crippen LogP contribution < -0.4 is 5.32 Å². The summed E-state index contributed by atoms with van der Waals surface area (Å²) < 4.78 is 23.7. The summed E-state index contributed by atoms with van der Waals surface area (Å²) in [6.45, 7) is 4.71. The number of amides is 1. The predicted octanol–water partition coefficient (Wildman–Crippen LogP) is 16.7. The Kier molecular flexibility index (Phi) is 47.4. The van der Waals surface area contributed by atoms with E-state index in [2.05, 4.69) is 79.9 Å². The molecule has 3 atom stereocenters. The standard InChI is InChI=1S/C58H107N2O6P/c1-6-8-10-12-14-16-18-20-22-24-26-28-30-32-34-36-38-40-42-44-46-48-50-52-58(62)59-56(55-66-67(63,64)65-54-53-60(3,4)5)57(61)51-49-47-45-43-41-39-37-35-33-31-29-27-25-23-21-19-17-15-13-11-9-7-2/h8,10,14,16,20,22,26,28,32,34,49,51,56-57,61H,6-7,9,11-13,15,17-19,21,23-25,27,29-31,33,35-48,50,52-55H2,1-5H3,(H-,59,62,63,64)/p+1/b10-8-,16-14-,22-20-,28-26-,34-32-,51-49+. The van der Waals surface area contributed by atoms with E-state index in [0.29, 0.717) is 17.4 Å². The Labute approximate surface area is 414 Å². The van der Waals surface area contributed by atoms with Gasteiger partial charge in [-0.3, -0.25) is 13.8 Å². The van der Waals surface area contributed by atoms with E-state index < -0.39 is 20.0 Å². The van der Waals surface area contributed by atoms with Crippen molar-refractivity contribution in [1.29, 1.82) is 0 Å². The minimum Gasteiger partial charge on any atom is -0.387 e. The molecule has 0 saturated heterocycles. The number of nitrogens with one attached hydrogen (secondary N) is 1. The van der Waals surface area contributed by atoms with Gasteiger partial charge in [-0.1, -0.05) is 241 Å². The predicted molar refractivity (Wildman–Crippen MR) is 290 cm³/mol. The Balaban J connectivity index is 4.30. The number of aliphatic hydroxyl groups excluding tert-OH is 1. The highest BCUT2D eigenvalue weighted by atomic mass is 31.2. The Hall–Kier alpha value is -2.06. The number of aliphatic hydroxyl groups is 1. The first kappa shape index (κ1) is 64.9. The van der Waals surface area contributed by atoms with E-state index >= 15 is 0 Å². The Morgan fingerprint density at radius 2 is 0.896 bits per heavy atom. The molecule has 0 aromatic rings. The summed E-state index contributed by atoms with van der Waals surface area (Å²) in [4.78, 5) is 23.3. The lowest BCUT2D eigenvalue weighted by Gasteiger charge is -2.25. The number of likely N-dealkylation sites (N-methyl/N-ethyl adjacent to an activating group) is 1. The number of allylic oxidation sites excluding steroid dienone is 11. The number of carbonyl (C=O) groups is 1. The lowest BCUT2D eigenvalue weighted by atomic mass is 10.0. The number of carbonyl (C=O) groups excluding carboxylic acids is 1. The molecule has 0 aromatic heterocycles. The summed E-state index contributed by atoms with van der Waals surface area (Å²) in [6.07, 6.45) is 67.0. The summed E-state index contributed by atoms with van der Waals surface area (Å²) in [5, 5.41) is 13.9. The van der Waals surface area contributed by atoms with Crippen molar-refractivity contribution in [2.75, 3.05) is 40.9 Å². The number of phosphoric acid groups is 1. The smallest absolute Gasteiger partial charge is 0.387 e. The van der Waals surface area contributed by atoms with Crippen LogP contribution in [0.15, 0.2) is 72.9 Å². The highest BCUT2D eigenvalue weighted by Crippen LogP contribution is 2.43. The third-order valence-electron chi connectivity index (χ3n) is 12.2. The molecule has 0 rings (SSSR count). The van der Waals surface area contributed by atoms with E-state index in [-0.39, 0.29) is 19.1 Å². The van der Waals surface area contributed by atoms with Gasteiger partial charge < -0.3 is 19.8 Å². The van der Waals surface area contributed by atoms with Gasteiger partial charge in [0.25, 0.3) is 0 Å². The van der Waals surface area contributed by atoms with Crippen LogP contribution in [0.3, 0.4) is 0 Å². The van der Waals surface area contributed by atoms with Gasteiger partial charge in [-0.05, 0) is 64.2 Å². The van der Waals surface area contributed by atoms with Gasteiger partial charge in [0.1, 0.15) is 13.2 Å². The Morgan fingerprint density at radius 1 is 0.522 bits per heavy atom. The summed E-state index contributed by atoms with van der Waals surface area (Å²) in [6, 6.07) is -0.857. The second-order valence-corrected chi connectivity index (χ2v) is 21.4. The van der Waals surface area contributed by atoms with Crippen molar-refractivity contribution in [1.82, 2.24) is 5.32 Å². The van der Waals surface area contributed by atoms with Crippen LogP contribution in [-0.4, -0.2) is 73.4 Å². The number of rotatable bonds is 50. The molecule has 0 aliphatic heterocycles.